The monoisotopic (exact) mass is 381 g/mol. The summed E-state index contributed by atoms with van der Waals surface area (Å²) in [6.07, 6.45) is -3.93. The summed E-state index contributed by atoms with van der Waals surface area (Å²) in [5.74, 6) is -1.58. The molecule has 1 aliphatic rings. The molecule has 10 heteroatoms. The molecule has 3 N–H and O–H groups in total. The van der Waals surface area contributed by atoms with E-state index in [1.165, 1.54) is 4.90 Å². The number of nitrogens with zero attached hydrogens (tertiary/aromatic N) is 3. The van der Waals surface area contributed by atoms with E-state index in [-0.39, 0.29) is 11.9 Å². The molecular formula is C17H18F3N5O2. The molecule has 1 unspecified atom stereocenters. The van der Waals surface area contributed by atoms with Crippen LogP contribution < -0.4 is 5.32 Å². The van der Waals surface area contributed by atoms with Gasteiger partial charge in [-0.05, 0) is 26.0 Å². The Bertz CT molecular complexity index is 906. The molecule has 0 bridgehead atoms. The Balaban J connectivity index is 2.34. The minimum absolute atomic E-state index is 0.0596. The second-order valence-electron chi connectivity index (χ2n) is 6.49. The molecule has 0 radical (unpaired) electrons. The Morgan fingerprint density at radius 3 is 2.56 bits per heavy atom. The van der Waals surface area contributed by atoms with Crippen molar-refractivity contribution in [3.8, 4) is 0 Å². The van der Waals surface area contributed by atoms with Crippen molar-refractivity contribution in [2.24, 2.45) is 4.99 Å². The fourth-order valence-corrected chi connectivity index (χ4v) is 2.96. The number of aromatic amines is 1. The highest BCUT2D eigenvalue weighted by molar-refractivity contribution is 6.15. The maximum atomic E-state index is 13.5. The van der Waals surface area contributed by atoms with Crippen molar-refractivity contribution in [1.29, 1.82) is 0 Å². The molecule has 27 heavy (non-hydrogen) atoms. The third kappa shape index (κ3) is 2.90. The van der Waals surface area contributed by atoms with Crippen LogP contribution in [0.3, 0.4) is 0 Å². The molecule has 2 heterocycles. The highest BCUT2D eigenvalue weighted by Crippen LogP contribution is 2.43. The molecule has 1 aromatic carbocycles. The number of para-hydroxylation sites is 2. The van der Waals surface area contributed by atoms with E-state index in [1.807, 2.05) is 5.10 Å². The predicted molar refractivity (Wildman–Crippen MR) is 93.0 cm³/mol. The number of H-pyrrole nitrogens is 1. The van der Waals surface area contributed by atoms with Crippen molar-refractivity contribution in [3.63, 3.8) is 0 Å². The topological polar surface area (TPSA) is 93.6 Å². The summed E-state index contributed by atoms with van der Waals surface area (Å²) < 4.78 is 40.5. The maximum Gasteiger partial charge on any atom is 0.433 e. The van der Waals surface area contributed by atoms with E-state index in [0.29, 0.717) is 11.4 Å². The zero-order valence-corrected chi connectivity index (χ0v) is 14.8. The van der Waals surface area contributed by atoms with Crippen LogP contribution in [0.1, 0.15) is 25.1 Å². The number of aliphatic carboxylic acids is 1. The Labute approximate surface area is 152 Å². The molecule has 2 aromatic rings. The van der Waals surface area contributed by atoms with E-state index in [9.17, 15) is 23.1 Å². The number of alkyl halides is 3. The number of carboxylic acid groups (broad SMARTS) is 1. The van der Waals surface area contributed by atoms with Gasteiger partial charge in [-0.25, -0.2) is 9.79 Å². The zero-order chi connectivity index (χ0) is 20.0. The average Bonchev–Trinajstić information content (AvgIpc) is 3.10. The van der Waals surface area contributed by atoms with Crippen LogP contribution in [0.25, 0.3) is 0 Å². The van der Waals surface area contributed by atoms with Gasteiger partial charge < -0.3 is 15.3 Å². The van der Waals surface area contributed by atoms with Crippen LogP contribution in [-0.4, -0.2) is 45.1 Å². The first kappa shape index (κ1) is 18.7. The first-order chi connectivity index (χ1) is 12.6. The number of hydrogen-bond donors (Lipinski definition) is 3. The third-order valence-electron chi connectivity index (χ3n) is 4.54. The highest BCUT2D eigenvalue weighted by Gasteiger charge is 2.55. The smallest absolute Gasteiger partial charge is 0.433 e. The molecule has 1 aliphatic heterocycles. The highest BCUT2D eigenvalue weighted by atomic mass is 19.4. The van der Waals surface area contributed by atoms with Gasteiger partial charge >= 0.3 is 12.1 Å². The van der Waals surface area contributed by atoms with Crippen molar-refractivity contribution in [3.05, 3.63) is 41.7 Å². The summed E-state index contributed by atoms with van der Waals surface area (Å²) in [6.45, 7) is 3.57. The molecule has 0 saturated carbocycles. The number of amidine groups is 1. The van der Waals surface area contributed by atoms with Crippen molar-refractivity contribution in [1.82, 2.24) is 15.1 Å². The van der Waals surface area contributed by atoms with Gasteiger partial charge in [0.15, 0.2) is 0 Å². The number of aliphatic imine (C=N–C) groups is 1. The number of likely N-dealkylation sites (N-methyl/N-ethyl adjacent to an activating group) is 1. The quantitative estimate of drug-likeness (QED) is 0.759. The van der Waals surface area contributed by atoms with Gasteiger partial charge in [0.1, 0.15) is 11.5 Å². The van der Waals surface area contributed by atoms with Gasteiger partial charge in [0, 0.05) is 18.7 Å². The van der Waals surface area contributed by atoms with Crippen LogP contribution in [-0.2, 0) is 16.5 Å². The van der Waals surface area contributed by atoms with Crippen LogP contribution >= 0.6 is 0 Å². The van der Waals surface area contributed by atoms with E-state index in [2.05, 4.69) is 15.4 Å². The van der Waals surface area contributed by atoms with Crippen molar-refractivity contribution < 1.29 is 23.1 Å². The first-order valence-electron chi connectivity index (χ1n) is 8.12. The molecule has 0 spiro atoms. The van der Waals surface area contributed by atoms with E-state index in [1.54, 1.807) is 45.2 Å². The molecule has 0 amide bonds. The molecular weight excluding hydrogens is 363 g/mol. The number of halogens is 3. The molecule has 7 nitrogen and oxygen atoms in total. The van der Waals surface area contributed by atoms with Gasteiger partial charge in [-0.2, -0.15) is 18.3 Å². The summed E-state index contributed by atoms with van der Waals surface area (Å²) in [4.78, 5) is 18.4. The molecule has 144 valence electrons. The molecule has 0 fully saturated rings. The lowest BCUT2D eigenvalue weighted by molar-refractivity contribution is -0.144. The molecule has 1 atom stereocenters. The Morgan fingerprint density at radius 1 is 1.30 bits per heavy atom. The average molecular weight is 381 g/mol. The second kappa shape index (κ2) is 6.29. The lowest BCUT2D eigenvalue weighted by atomic mass is 9.85. The standard InChI is InChI=1S/C17H18F3N5O2/c1-9(2)25(3)14-16(15(26)27,10-8-21-24-13(10)17(18,19)20)23-12-7-5-4-6-11(12)22-14/h4-9,23H,1-3H3,(H,21,24)(H,26,27). The number of rotatable bonds is 3. The minimum Gasteiger partial charge on any atom is -0.479 e. The lowest BCUT2D eigenvalue weighted by Gasteiger charge is -2.41. The Hall–Kier alpha value is -3.04. The number of aromatic nitrogens is 2. The van der Waals surface area contributed by atoms with Crippen LogP contribution in [0.4, 0.5) is 24.5 Å². The summed E-state index contributed by atoms with van der Waals surface area (Å²) >= 11 is 0. The predicted octanol–water partition coefficient (Wildman–Crippen LogP) is 3.20. The van der Waals surface area contributed by atoms with Gasteiger partial charge in [0.05, 0.1) is 17.6 Å². The number of benzene rings is 1. The molecule has 0 saturated heterocycles. The van der Waals surface area contributed by atoms with Gasteiger partial charge in [-0.3, -0.25) is 5.10 Å². The normalized spacial score (nSPS) is 19.3. The van der Waals surface area contributed by atoms with Gasteiger partial charge in [-0.1, -0.05) is 12.1 Å². The Morgan fingerprint density at radius 2 is 1.96 bits per heavy atom. The maximum absolute atomic E-state index is 13.5. The van der Waals surface area contributed by atoms with Gasteiger partial charge in [-0.15, -0.1) is 0 Å². The van der Waals surface area contributed by atoms with Gasteiger partial charge in [0.25, 0.3) is 0 Å². The molecule has 3 rings (SSSR count). The van der Waals surface area contributed by atoms with E-state index < -0.39 is 28.9 Å². The fraction of sp³-hybridized carbons (Fsp3) is 0.353. The number of fused-ring (bicyclic) bond motifs is 1. The van der Waals surface area contributed by atoms with Gasteiger partial charge in [0.2, 0.25) is 5.54 Å². The van der Waals surface area contributed by atoms with E-state index in [0.717, 1.165) is 6.20 Å². The number of nitrogens with one attached hydrogen (secondary N) is 2. The summed E-state index contributed by atoms with van der Waals surface area (Å²) in [5.41, 5.74) is -3.29. The third-order valence-corrected chi connectivity index (χ3v) is 4.54. The Kier molecular flexibility index (Phi) is 4.37. The number of carboxylic acids is 1. The lowest BCUT2D eigenvalue weighted by Crippen LogP contribution is -2.58. The molecule has 1 aromatic heterocycles. The zero-order valence-electron chi connectivity index (χ0n) is 14.8. The number of hydrogen-bond acceptors (Lipinski definition) is 5. The van der Waals surface area contributed by atoms with Crippen molar-refractivity contribution in [2.75, 3.05) is 12.4 Å². The molecule has 0 aliphatic carbocycles. The van der Waals surface area contributed by atoms with Crippen LogP contribution in [0.2, 0.25) is 0 Å². The minimum atomic E-state index is -4.81. The van der Waals surface area contributed by atoms with Crippen LogP contribution in [0, 0.1) is 0 Å². The fourth-order valence-electron chi connectivity index (χ4n) is 2.96. The largest absolute Gasteiger partial charge is 0.479 e. The SMILES string of the molecule is CC(C)N(C)C1=Nc2ccccc2NC1(C(=O)O)c1cn[nH]c1C(F)(F)F. The van der Waals surface area contributed by atoms with Crippen LogP contribution in [0.15, 0.2) is 35.5 Å². The first-order valence-corrected chi connectivity index (χ1v) is 8.12. The summed E-state index contributed by atoms with van der Waals surface area (Å²) in [6, 6.07) is 6.36. The van der Waals surface area contributed by atoms with E-state index in [4.69, 9.17) is 0 Å². The van der Waals surface area contributed by atoms with Crippen LogP contribution in [0.5, 0.6) is 0 Å². The van der Waals surface area contributed by atoms with E-state index >= 15 is 0 Å². The van der Waals surface area contributed by atoms with Crippen molar-refractivity contribution in [2.45, 2.75) is 31.6 Å². The number of carbonyl (C=O) groups is 1. The summed E-state index contributed by atoms with van der Waals surface area (Å²) in [5, 5.41) is 18.2. The second-order valence-corrected chi connectivity index (χ2v) is 6.49. The summed E-state index contributed by atoms with van der Waals surface area (Å²) in [7, 11) is 1.59. The number of anilines is 1. The van der Waals surface area contributed by atoms with Crippen molar-refractivity contribution >= 4 is 23.2 Å².